The summed E-state index contributed by atoms with van der Waals surface area (Å²) in [4.78, 5) is 14.8. The molecule has 1 amide bonds. The molecular weight excluding hydrogens is 360 g/mol. The Labute approximate surface area is 155 Å². The van der Waals surface area contributed by atoms with Crippen molar-refractivity contribution in [1.29, 1.82) is 0 Å². The van der Waals surface area contributed by atoms with Gasteiger partial charge in [-0.2, -0.15) is 4.31 Å². The van der Waals surface area contributed by atoms with Crippen molar-refractivity contribution in [2.24, 2.45) is 11.8 Å². The molecule has 0 radical (unpaired) electrons. The number of likely N-dealkylation sites (tertiary alicyclic amines) is 1. The van der Waals surface area contributed by atoms with Gasteiger partial charge in [-0.25, -0.2) is 8.42 Å². The molecule has 2 aliphatic rings. The molecule has 0 N–H and O–H groups in total. The van der Waals surface area contributed by atoms with Crippen LogP contribution >= 0.6 is 11.6 Å². The minimum atomic E-state index is -3.60. The number of hydrogen-bond donors (Lipinski definition) is 0. The van der Waals surface area contributed by atoms with Crippen molar-refractivity contribution in [2.45, 2.75) is 37.5 Å². The van der Waals surface area contributed by atoms with Crippen LogP contribution < -0.4 is 0 Å². The van der Waals surface area contributed by atoms with Crippen LogP contribution in [0.4, 0.5) is 0 Å². The largest absolute Gasteiger partial charge is 0.342 e. The SMILES string of the molecule is CC1CCCN(C(=O)C2CCN(S(=O)(=O)c3ccccc3Cl)CC2)C1. The van der Waals surface area contributed by atoms with E-state index in [4.69, 9.17) is 11.6 Å². The molecule has 1 aromatic rings. The molecule has 5 nitrogen and oxygen atoms in total. The van der Waals surface area contributed by atoms with Crippen molar-refractivity contribution in [3.63, 3.8) is 0 Å². The summed E-state index contributed by atoms with van der Waals surface area (Å²) in [5.74, 6) is 0.683. The number of hydrogen-bond acceptors (Lipinski definition) is 3. The van der Waals surface area contributed by atoms with E-state index in [0.717, 1.165) is 19.5 Å². The van der Waals surface area contributed by atoms with E-state index in [1.54, 1.807) is 18.2 Å². The zero-order chi connectivity index (χ0) is 18.0. The topological polar surface area (TPSA) is 57.7 Å². The van der Waals surface area contributed by atoms with Crippen LogP contribution in [0.2, 0.25) is 5.02 Å². The number of piperidine rings is 2. The van der Waals surface area contributed by atoms with Crippen LogP contribution in [-0.2, 0) is 14.8 Å². The van der Waals surface area contributed by atoms with Crippen LogP contribution in [0.15, 0.2) is 29.2 Å². The van der Waals surface area contributed by atoms with E-state index in [2.05, 4.69) is 6.92 Å². The number of halogens is 1. The van der Waals surface area contributed by atoms with Gasteiger partial charge in [0.05, 0.1) is 5.02 Å². The summed E-state index contributed by atoms with van der Waals surface area (Å²) in [6.07, 6.45) is 3.39. The monoisotopic (exact) mass is 384 g/mol. The lowest BCUT2D eigenvalue weighted by molar-refractivity contribution is -0.138. The zero-order valence-electron chi connectivity index (χ0n) is 14.5. The Bertz CT molecular complexity index is 730. The average Bonchev–Trinajstić information content (AvgIpc) is 2.61. The Morgan fingerprint density at radius 2 is 1.80 bits per heavy atom. The van der Waals surface area contributed by atoms with Gasteiger partial charge in [-0.3, -0.25) is 4.79 Å². The number of sulfonamides is 1. The fourth-order valence-corrected chi connectivity index (χ4v) is 5.75. The highest BCUT2D eigenvalue weighted by atomic mass is 35.5. The van der Waals surface area contributed by atoms with E-state index in [0.29, 0.717) is 31.8 Å². The zero-order valence-corrected chi connectivity index (χ0v) is 16.1. The maximum Gasteiger partial charge on any atom is 0.244 e. The third-order valence-corrected chi connectivity index (χ3v) is 7.62. The molecule has 1 unspecified atom stereocenters. The van der Waals surface area contributed by atoms with Gasteiger partial charge in [0.15, 0.2) is 0 Å². The van der Waals surface area contributed by atoms with E-state index in [1.807, 2.05) is 4.90 Å². The van der Waals surface area contributed by atoms with E-state index in [-0.39, 0.29) is 21.7 Å². The van der Waals surface area contributed by atoms with Crippen LogP contribution in [0.3, 0.4) is 0 Å². The lowest BCUT2D eigenvalue weighted by Crippen LogP contribution is -2.46. The number of benzene rings is 1. The number of rotatable bonds is 3. The van der Waals surface area contributed by atoms with Crippen LogP contribution in [0.25, 0.3) is 0 Å². The predicted molar refractivity (Wildman–Crippen MR) is 97.9 cm³/mol. The van der Waals surface area contributed by atoms with Gasteiger partial charge in [0, 0.05) is 32.1 Å². The van der Waals surface area contributed by atoms with E-state index in [9.17, 15) is 13.2 Å². The quantitative estimate of drug-likeness (QED) is 0.804. The molecule has 2 fully saturated rings. The third-order valence-electron chi connectivity index (χ3n) is 5.23. The Morgan fingerprint density at radius 3 is 2.44 bits per heavy atom. The highest BCUT2D eigenvalue weighted by Gasteiger charge is 2.35. The van der Waals surface area contributed by atoms with Gasteiger partial charge in [0.2, 0.25) is 15.9 Å². The lowest BCUT2D eigenvalue weighted by atomic mass is 9.93. The first-order valence-electron chi connectivity index (χ1n) is 8.93. The van der Waals surface area contributed by atoms with E-state index in [1.165, 1.54) is 16.8 Å². The lowest BCUT2D eigenvalue weighted by Gasteiger charge is -2.36. The molecule has 1 aromatic carbocycles. The fourth-order valence-electron chi connectivity index (χ4n) is 3.78. The van der Waals surface area contributed by atoms with Gasteiger partial charge in [-0.15, -0.1) is 0 Å². The van der Waals surface area contributed by atoms with Crippen LogP contribution in [0.1, 0.15) is 32.6 Å². The van der Waals surface area contributed by atoms with Crippen LogP contribution in [-0.4, -0.2) is 49.7 Å². The second kappa shape index (κ2) is 7.64. The Hall–Kier alpha value is -1.11. The smallest absolute Gasteiger partial charge is 0.244 e. The maximum absolute atomic E-state index is 12.8. The summed E-state index contributed by atoms with van der Waals surface area (Å²) in [6, 6.07) is 6.50. The molecule has 0 bridgehead atoms. The Morgan fingerprint density at radius 1 is 1.12 bits per heavy atom. The van der Waals surface area contributed by atoms with Gasteiger partial charge in [0.1, 0.15) is 4.90 Å². The molecule has 0 spiro atoms. The maximum atomic E-state index is 12.8. The second-order valence-corrected chi connectivity index (χ2v) is 9.45. The first-order valence-corrected chi connectivity index (χ1v) is 10.7. The molecule has 2 heterocycles. The van der Waals surface area contributed by atoms with E-state index < -0.39 is 10.0 Å². The Balaban J connectivity index is 1.64. The van der Waals surface area contributed by atoms with Gasteiger partial charge in [0.25, 0.3) is 0 Å². The summed E-state index contributed by atoms with van der Waals surface area (Å²) in [5, 5.41) is 0.239. The molecule has 138 valence electrons. The first kappa shape index (κ1) is 18.7. The molecule has 25 heavy (non-hydrogen) atoms. The molecule has 0 aromatic heterocycles. The normalized spacial score (nSPS) is 23.6. The second-order valence-electron chi connectivity index (χ2n) is 7.14. The highest BCUT2D eigenvalue weighted by Crippen LogP contribution is 2.29. The van der Waals surface area contributed by atoms with Crippen molar-refractivity contribution in [1.82, 2.24) is 9.21 Å². The predicted octanol–water partition coefficient (Wildman–Crippen LogP) is 3.00. The fraction of sp³-hybridized carbons (Fsp3) is 0.611. The number of nitrogens with zero attached hydrogens (tertiary/aromatic N) is 2. The van der Waals surface area contributed by atoms with E-state index >= 15 is 0 Å². The summed E-state index contributed by atoms with van der Waals surface area (Å²) in [5.41, 5.74) is 0. The molecule has 2 aliphatic heterocycles. The Kier molecular flexibility index (Phi) is 5.71. The molecule has 2 saturated heterocycles. The van der Waals surface area contributed by atoms with Gasteiger partial charge < -0.3 is 4.90 Å². The van der Waals surface area contributed by atoms with Gasteiger partial charge in [-0.05, 0) is 43.7 Å². The standard InChI is InChI=1S/C18H25ClN2O3S/c1-14-5-4-10-20(13-14)18(22)15-8-11-21(12-9-15)25(23,24)17-7-3-2-6-16(17)19/h2-3,6-7,14-15H,4-5,8-13H2,1H3. The summed E-state index contributed by atoms with van der Waals surface area (Å²) in [7, 11) is -3.60. The van der Waals surface area contributed by atoms with Gasteiger partial charge in [-0.1, -0.05) is 30.7 Å². The summed E-state index contributed by atoms with van der Waals surface area (Å²) in [6.45, 7) is 4.58. The number of carbonyl (C=O) groups excluding carboxylic acids is 1. The van der Waals surface area contributed by atoms with Crippen molar-refractivity contribution in [3.05, 3.63) is 29.3 Å². The van der Waals surface area contributed by atoms with Crippen LogP contribution in [0.5, 0.6) is 0 Å². The van der Waals surface area contributed by atoms with Gasteiger partial charge >= 0.3 is 0 Å². The van der Waals surface area contributed by atoms with Crippen molar-refractivity contribution in [2.75, 3.05) is 26.2 Å². The number of carbonyl (C=O) groups is 1. The van der Waals surface area contributed by atoms with Crippen molar-refractivity contribution < 1.29 is 13.2 Å². The molecular formula is C18H25ClN2O3S. The summed E-state index contributed by atoms with van der Waals surface area (Å²) < 4.78 is 27.0. The van der Waals surface area contributed by atoms with Crippen molar-refractivity contribution in [3.8, 4) is 0 Å². The molecule has 3 rings (SSSR count). The van der Waals surface area contributed by atoms with Crippen molar-refractivity contribution >= 4 is 27.5 Å². The molecule has 0 aliphatic carbocycles. The third kappa shape index (κ3) is 4.01. The molecule has 7 heteroatoms. The first-order chi connectivity index (χ1) is 11.9. The number of amides is 1. The minimum absolute atomic E-state index is 0.0667. The highest BCUT2D eigenvalue weighted by molar-refractivity contribution is 7.89. The van der Waals surface area contributed by atoms with Crippen LogP contribution in [0, 0.1) is 11.8 Å². The minimum Gasteiger partial charge on any atom is -0.342 e. The molecule has 1 atom stereocenters. The average molecular weight is 385 g/mol. The molecule has 0 saturated carbocycles. The summed E-state index contributed by atoms with van der Waals surface area (Å²) >= 11 is 6.06.